The van der Waals surface area contributed by atoms with E-state index >= 15 is 0 Å². The molecule has 2 aromatic rings. The standard InChI is InChI=1S/C29H38Cl2N2O4/c1-19(23-6-4-5-7-26(23)36-3)28(29(34)35)33-16-10-21(11-17-33)18-32-14-12-22(13-15-32)37-25-9-8-24(30)27(31)20(25)2/h4-9,19,21-22,28H,10-18H2,1-3H3,(H,34,35)/t19?,28-/m0/s1. The lowest BCUT2D eigenvalue weighted by Crippen LogP contribution is -2.50. The Kier molecular flexibility index (Phi) is 9.62. The van der Waals surface area contributed by atoms with Gasteiger partial charge in [0.2, 0.25) is 0 Å². The number of methoxy groups -OCH3 is 1. The molecule has 37 heavy (non-hydrogen) atoms. The van der Waals surface area contributed by atoms with Crippen molar-refractivity contribution in [3.8, 4) is 11.5 Å². The van der Waals surface area contributed by atoms with Gasteiger partial charge in [0.05, 0.1) is 17.2 Å². The van der Waals surface area contributed by atoms with E-state index in [-0.39, 0.29) is 12.0 Å². The van der Waals surface area contributed by atoms with Crippen LogP contribution in [0.2, 0.25) is 10.0 Å². The molecule has 2 aliphatic heterocycles. The number of piperidine rings is 2. The number of benzene rings is 2. The van der Waals surface area contributed by atoms with E-state index in [2.05, 4.69) is 9.80 Å². The fraction of sp³-hybridized carbons (Fsp3) is 0.552. The van der Waals surface area contributed by atoms with Gasteiger partial charge in [-0.2, -0.15) is 0 Å². The highest BCUT2D eigenvalue weighted by atomic mass is 35.5. The molecule has 0 bridgehead atoms. The maximum absolute atomic E-state index is 12.3. The number of para-hydroxylation sites is 1. The van der Waals surface area contributed by atoms with Crippen LogP contribution in [0.1, 0.15) is 49.7 Å². The van der Waals surface area contributed by atoms with Crippen molar-refractivity contribution in [1.29, 1.82) is 0 Å². The fourth-order valence-electron chi connectivity index (χ4n) is 5.83. The second-order valence-electron chi connectivity index (χ2n) is 10.4. The first kappa shape index (κ1) is 28.0. The smallest absolute Gasteiger partial charge is 0.321 e. The summed E-state index contributed by atoms with van der Waals surface area (Å²) in [6.45, 7) is 8.62. The molecule has 0 aromatic heterocycles. The molecule has 0 spiro atoms. The predicted octanol–water partition coefficient (Wildman–Crippen LogP) is 6.12. The van der Waals surface area contributed by atoms with E-state index in [0.717, 1.165) is 81.0 Å². The van der Waals surface area contributed by atoms with E-state index in [1.807, 2.05) is 44.2 Å². The first-order chi connectivity index (χ1) is 17.8. The van der Waals surface area contributed by atoms with Crippen LogP contribution in [0.3, 0.4) is 0 Å². The van der Waals surface area contributed by atoms with Gasteiger partial charge < -0.3 is 19.5 Å². The third-order valence-corrected chi connectivity index (χ3v) is 8.93. The molecule has 0 radical (unpaired) electrons. The van der Waals surface area contributed by atoms with Gasteiger partial charge in [-0.3, -0.25) is 9.69 Å². The van der Waals surface area contributed by atoms with Gasteiger partial charge in [-0.25, -0.2) is 0 Å². The molecule has 2 aromatic carbocycles. The van der Waals surface area contributed by atoms with Gasteiger partial charge in [-0.1, -0.05) is 48.3 Å². The normalized spacial score (nSPS) is 19.9. The van der Waals surface area contributed by atoms with Crippen molar-refractivity contribution in [1.82, 2.24) is 9.80 Å². The Labute approximate surface area is 230 Å². The SMILES string of the molecule is COc1ccccc1C(C)[C@@H](C(=O)O)N1CCC(CN2CCC(Oc3ccc(Cl)c(Cl)c3C)CC2)CC1. The molecule has 2 saturated heterocycles. The highest BCUT2D eigenvalue weighted by Gasteiger charge is 2.36. The second-order valence-corrected chi connectivity index (χ2v) is 11.2. The zero-order valence-electron chi connectivity index (χ0n) is 22.0. The summed E-state index contributed by atoms with van der Waals surface area (Å²) < 4.78 is 11.8. The molecule has 2 aliphatic rings. The summed E-state index contributed by atoms with van der Waals surface area (Å²) in [6, 6.07) is 10.9. The Hall–Kier alpha value is -1.99. The first-order valence-electron chi connectivity index (χ1n) is 13.2. The monoisotopic (exact) mass is 548 g/mol. The van der Waals surface area contributed by atoms with E-state index < -0.39 is 12.0 Å². The number of aliphatic carboxylic acids is 1. The lowest BCUT2D eigenvalue weighted by atomic mass is 9.88. The number of likely N-dealkylation sites (tertiary alicyclic amines) is 2. The molecule has 6 nitrogen and oxygen atoms in total. The summed E-state index contributed by atoms with van der Waals surface area (Å²) >= 11 is 12.4. The molecule has 1 N–H and O–H groups in total. The van der Waals surface area contributed by atoms with Gasteiger partial charge in [-0.05, 0) is 75.4 Å². The van der Waals surface area contributed by atoms with Crippen molar-refractivity contribution in [3.63, 3.8) is 0 Å². The Bertz CT molecular complexity index is 1070. The van der Waals surface area contributed by atoms with E-state index in [0.29, 0.717) is 16.0 Å². The molecule has 4 rings (SSSR count). The van der Waals surface area contributed by atoms with Crippen molar-refractivity contribution < 1.29 is 19.4 Å². The number of ether oxygens (including phenoxy) is 2. The largest absolute Gasteiger partial charge is 0.496 e. The minimum absolute atomic E-state index is 0.164. The van der Waals surface area contributed by atoms with E-state index in [1.54, 1.807) is 13.2 Å². The molecule has 8 heteroatoms. The van der Waals surface area contributed by atoms with E-state index in [4.69, 9.17) is 32.7 Å². The molecule has 1 unspecified atom stereocenters. The molecule has 2 atom stereocenters. The summed E-state index contributed by atoms with van der Waals surface area (Å²) in [5, 5.41) is 11.2. The number of carboxylic acid groups (broad SMARTS) is 1. The minimum atomic E-state index is -0.767. The van der Waals surface area contributed by atoms with Crippen LogP contribution in [0.25, 0.3) is 0 Å². The van der Waals surface area contributed by atoms with Crippen molar-refractivity contribution in [2.75, 3.05) is 39.8 Å². The molecular formula is C29H38Cl2N2O4. The summed E-state index contributed by atoms with van der Waals surface area (Å²) in [6.07, 6.45) is 4.18. The Morgan fingerprint density at radius 1 is 1.03 bits per heavy atom. The molecular weight excluding hydrogens is 511 g/mol. The van der Waals surface area contributed by atoms with Crippen LogP contribution < -0.4 is 9.47 Å². The summed E-state index contributed by atoms with van der Waals surface area (Å²) in [5.74, 6) is 1.22. The zero-order chi connectivity index (χ0) is 26.5. The Morgan fingerprint density at radius 2 is 1.70 bits per heavy atom. The van der Waals surface area contributed by atoms with Gasteiger partial charge in [0.15, 0.2) is 0 Å². The zero-order valence-corrected chi connectivity index (χ0v) is 23.5. The lowest BCUT2D eigenvalue weighted by molar-refractivity contribution is -0.144. The summed E-state index contributed by atoms with van der Waals surface area (Å²) in [4.78, 5) is 17.0. The van der Waals surface area contributed by atoms with Gasteiger partial charge in [0, 0.05) is 31.1 Å². The third-order valence-electron chi connectivity index (χ3n) is 8.03. The van der Waals surface area contributed by atoms with Crippen molar-refractivity contribution in [2.24, 2.45) is 5.92 Å². The molecule has 2 fully saturated rings. The number of hydrogen-bond donors (Lipinski definition) is 1. The van der Waals surface area contributed by atoms with Gasteiger partial charge >= 0.3 is 5.97 Å². The maximum atomic E-state index is 12.3. The van der Waals surface area contributed by atoms with Crippen LogP contribution in [0, 0.1) is 12.8 Å². The van der Waals surface area contributed by atoms with Crippen LogP contribution >= 0.6 is 23.2 Å². The van der Waals surface area contributed by atoms with Crippen molar-refractivity contribution >= 4 is 29.2 Å². The number of halogens is 2. The van der Waals surface area contributed by atoms with Crippen LogP contribution in [-0.4, -0.2) is 72.9 Å². The summed E-state index contributed by atoms with van der Waals surface area (Å²) in [7, 11) is 1.63. The van der Waals surface area contributed by atoms with Crippen LogP contribution in [0.4, 0.5) is 0 Å². The van der Waals surface area contributed by atoms with Crippen molar-refractivity contribution in [2.45, 2.75) is 57.6 Å². The van der Waals surface area contributed by atoms with Gasteiger partial charge in [0.1, 0.15) is 23.6 Å². The number of nitrogens with zero attached hydrogens (tertiary/aromatic N) is 2. The van der Waals surface area contributed by atoms with Crippen LogP contribution in [0.15, 0.2) is 36.4 Å². The molecule has 0 aliphatic carbocycles. The number of carboxylic acids is 1. The van der Waals surface area contributed by atoms with Crippen LogP contribution in [0.5, 0.6) is 11.5 Å². The number of carbonyl (C=O) groups is 1. The highest BCUT2D eigenvalue weighted by Crippen LogP contribution is 2.35. The average Bonchev–Trinajstić information content (AvgIpc) is 2.91. The molecule has 202 valence electrons. The maximum Gasteiger partial charge on any atom is 0.321 e. The second kappa shape index (κ2) is 12.7. The van der Waals surface area contributed by atoms with Crippen LogP contribution in [-0.2, 0) is 4.79 Å². The minimum Gasteiger partial charge on any atom is -0.496 e. The number of hydrogen-bond acceptors (Lipinski definition) is 5. The van der Waals surface area contributed by atoms with Crippen molar-refractivity contribution in [3.05, 3.63) is 57.6 Å². The molecule has 0 amide bonds. The van der Waals surface area contributed by atoms with Gasteiger partial charge in [0.25, 0.3) is 0 Å². The Balaban J connectivity index is 1.26. The molecule has 2 heterocycles. The molecule has 0 saturated carbocycles. The topological polar surface area (TPSA) is 62.2 Å². The Morgan fingerprint density at radius 3 is 2.35 bits per heavy atom. The predicted molar refractivity (Wildman–Crippen MR) is 148 cm³/mol. The average molecular weight is 550 g/mol. The van der Waals surface area contributed by atoms with Gasteiger partial charge in [-0.15, -0.1) is 0 Å². The lowest BCUT2D eigenvalue weighted by Gasteiger charge is -2.40. The summed E-state index contributed by atoms with van der Waals surface area (Å²) in [5.41, 5.74) is 1.84. The quantitative estimate of drug-likeness (QED) is 0.407. The highest BCUT2D eigenvalue weighted by molar-refractivity contribution is 6.42. The first-order valence-corrected chi connectivity index (χ1v) is 14.0. The van der Waals surface area contributed by atoms with E-state index in [9.17, 15) is 9.90 Å². The third kappa shape index (κ3) is 6.72. The van der Waals surface area contributed by atoms with E-state index in [1.165, 1.54) is 0 Å². The fourth-order valence-corrected chi connectivity index (χ4v) is 6.19. The number of rotatable bonds is 9.